The molecule has 2 aromatic rings. The van der Waals surface area contributed by atoms with Crippen molar-refractivity contribution in [2.24, 2.45) is 16.0 Å². The molecule has 1 aromatic carbocycles. The van der Waals surface area contributed by atoms with Crippen LogP contribution in [0, 0.1) is 0 Å². The first-order valence-electron chi connectivity index (χ1n) is 9.89. The summed E-state index contributed by atoms with van der Waals surface area (Å²) in [5.41, 5.74) is 12.0. The van der Waals surface area contributed by atoms with Crippen LogP contribution in [0.5, 0.6) is 5.75 Å². The van der Waals surface area contributed by atoms with Crippen molar-refractivity contribution in [3.05, 3.63) is 36.4 Å². The first-order valence-corrected chi connectivity index (χ1v) is 9.89. The predicted octanol–water partition coefficient (Wildman–Crippen LogP) is 2.16. The number of aliphatic hydroxyl groups is 1. The third kappa shape index (κ3) is 6.21. The number of aliphatic hydroxyl groups excluding tert-OH is 1. The highest BCUT2D eigenvalue weighted by Crippen LogP contribution is 2.31. The summed E-state index contributed by atoms with van der Waals surface area (Å²) in [5, 5.41) is 21.2. The average molecular weight is 413 g/mol. The van der Waals surface area contributed by atoms with Gasteiger partial charge in [-0.3, -0.25) is 9.69 Å². The Balaban J connectivity index is 1.66. The molecule has 10 nitrogen and oxygen atoms in total. The molecule has 0 radical (unpaired) electrons. The van der Waals surface area contributed by atoms with Gasteiger partial charge in [0.05, 0.1) is 13.1 Å². The number of nitrogens with one attached hydrogen (secondary N) is 1. The van der Waals surface area contributed by atoms with Crippen LogP contribution in [-0.2, 0) is 4.79 Å². The van der Waals surface area contributed by atoms with E-state index in [-0.39, 0.29) is 24.1 Å². The zero-order valence-corrected chi connectivity index (χ0v) is 16.7. The predicted molar refractivity (Wildman–Crippen MR) is 114 cm³/mol. The van der Waals surface area contributed by atoms with Crippen LogP contribution in [0.2, 0.25) is 0 Å². The fourth-order valence-electron chi connectivity index (χ4n) is 3.11. The van der Waals surface area contributed by atoms with Crippen LogP contribution < -0.4 is 21.5 Å². The van der Waals surface area contributed by atoms with E-state index < -0.39 is 6.29 Å². The maximum atomic E-state index is 11.3. The molecule has 160 valence electrons. The largest absolute Gasteiger partial charge is 0.461 e. The summed E-state index contributed by atoms with van der Waals surface area (Å²) in [6, 6.07) is 10.2. The van der Waals surface area contributed by atoms with E-state index in [1.807, 2.05) is 0 Å². The Hall–Kier alpha value is -3.08. The summed E-state index contributed by atoms with van der Waals surface area (Å²) >= 11 is 0. The number of anilines is 2. The fraction of sp³-hybridized carbons (Fsp3) is 0.400. The molecule has 2 heterocycles. The van der Waals surface area contributed by atoms with Crippen molar-refractivity contribution in [1.82, 2.24) is 9.88 Å². The molecule has 1 fully saturated rings. The van der Waals surface area contributed by atoms with E-state index in [1.54, 1.807) is 36.4 Å². The van der Waals surface area contributed by atoms with Crippen LogP contribution >= 0.6 is 0 Å². The number of β-amino-alcohol motifs (C(OH)–C–C–N with tert-alkyl or cyclic N) is 1. The van der Waals surface area contributed by atoms with E-state index in [2.05, 4.69) is 25.4 Å². The van der Waals surface area contributed by atoms with Crippen LogP contribution in [0.3, 0.4) is 0 Å². The molecule has 1 amide bonds. The third-order valence-electron chi connectivity index (χ3n) is 4.61. The van der Waals surface area contributed by atoms with E-state index in [0.717, 1.165) is 25.9 Å². The standard InChI is InChI=1S/C20H27N7O3/c21-12-18(28)23-17-9-8-15(20(22)24-17)26-25-14-6-2-3-7-16(14)30-19(29)13-27-10-4-1-5-11-27/h2-3,6-9,19,29H,1,4-5,10-13,21H2,(H3,22,23,24,28). The number of hydrogen-bond donors (Lipinski definition) is 4. The number of amides is 1. The Kier molecular flexibility index (Phi) is 7.66. The van der Waals surface area contributed by atoms with Gasteiger partial charge in [0.1, 0.15) is 22.9 Å². The molecule has 0 saturated carbocycles. The number of rotatable bonds is 8. The summed E-state index contributed by atoms with van der Waals surface area (Å²) in [6.45, 7) is 2.23. The van der Waals surface area contributed by atoms with Crippen LogP contribution in [0.1, 0.15) is 19.3 Å². The van der Waals surface area contributed by atoms with E-state index in [4.69, 9.17) is 16.2 Å². The van der Waals surface area contributed by atoms with Crippen LogP contribution in [0.25, 0.3) is 0 Å². The highest BCUT2D eigenvalue weighted by molar-refractivity contribution is 5.91. The number of nitrogen functional groups attached to an aromatic ring is 1. The second kappa shape index (κ2) is 10.6. The van der Waals surface area contributed by atoms with Gasteiger partial charge in [-0.25, -0.2) is 4.98 Å². The monoisotopic (exact) mass is 413 g/mol. The molecule has 1 aliphatic heterocycles. The summed E-state index contributed by atoms with van der Waals surface area (Å²) in [7, 11) is 0. The molecule has 0 aliphatic carbocycles. The second-order valence-corrected chi connectivity index (χ2v) is 6.95. The number of para-hydroxylation sites is 1. The number of nitrogens with two attached hydrogens (primary N) is 2. The zero-order valence-electron chi connectivity index (χ0n) is 16.7. The number of piperidine rings is 1. The zero-order chi connectivity index (χ0) is 21.3. The van der Waals surface area contributed by atoms with Crippen molar-refractivity contribution >= 4 is 28.9 Å². The number of aromatic nitrogens is 1. The van der Waals surface area contributed by atoms with Gasteiger partial charge in [-0.05, 0) is 50.2 Å². The SMILES string of the molecule is NCC(=O)Nc1ccc(N=Nc2ccccc2OC(O)CN2CCCCC2)c(N)n1. The molecule has 1 saturated heterocycles. The highest BCUT2D eigenvalue weighted by Gasteiger charge is 2.16. The molecule has 0 spiro atoms. The van der Waals surface area contributed by atoms with Crippen molar-refractivity contribution in [2.75, 3.05) is 37.2 Å². The number of hydrogen-bond acceptors (Lipinski definition) is 9. The lowest BCUT2D eigenvalue weighted by atomic mass is 10.1. The van der Waals surface area contributed by atoms with Crippen LogP contribution in [-0.4, -0.2) is 53.4 Å². The topological polar surface area (TPSA) is 151 Å². The van der Waals surface area contributed by atoms with Gasteiger partial charge in [-0.15, -0.1) is 10.2 Å². The molecule has 30 heavy (non-hydrogen) atoms. The minimum absolute atomic E-state index is 0.108. The van der Waals surface area contributed by atoms with Crippen molar-refractivity contribution in [3.8, 4) is 5.75 Å². The lowest BCUT2D eigenvalue weighted by molar-refractivity contribution is -0.114. The summed E-state index contributed by atoms with van der Waals surface area (Å²) in [6.07, 6.45) is 2.55. The van der Waals surface area contributed by atoms with Crippen molar-refractivity contribution in [2.45, 2.75) is 25.6 Å². The van der Waals surface area contributed by atoms with Crippen LogP contribution in [0.4, 0.5) is 23.0 Å². The quantitative estimate of drug-likeness (QED) is 0.382. The van der Waals surface area contributed by atoms with Crippen molar-refractivity contribution in [3.63, 3.8) is 0 Å². The number of likely N-dealkylation sites (tertiary alicyclic amines) is 1. The maximum absolute atomic E-state index is 11.3. The Morgan fingerprint density at radius 1 is 1.17 bits per heavy atom. The van der Waals surface area contributed by atoms with Gasteiger partial charge in [-0.2, -0.15) is 0 Å². The Morgan fingerprint density at radius 3 is 2.63 bits per heavy atom. The average Bonchev–Trinajstić information content (AvgIpc) is 2.74. The molecule has 10 heteroatoms. The first kappa shape index (κ1) is 21.6. The molecule has 6 N–H and O–H groups in total. The number of carbonyl (C=O) groups is 1. The Bertz CT molecular complexity index is 884. The van der Waals surface area contributed by atoms with E-state index in [0.29, 0.717) is 23.7 Å². The van der Waals surface area contributed by atoms with E-state index in [9.17, 15) is 9.90 Å². The normalized spacial score (nSPS) is 15.8. The van der Waals surface area contributed by atoms with Crippen LogP contribution in [0.15, 0.2) is 46.6 Å². The van der Waals surface area contributed by atoms with Gasteiger partial charge in [-0.1, -0.05) is 18.6 Å². The minimum Gasteiger partial charge on any atom is -0.461 e. The smallest absolute Gasteiger partial charge is 0.239 e. The summed E-state index contributed by atoms with van der Waals surface area (Å²) in [4.78, 5) is 17.6. The third-order valence-corrected chi connectivity index (χ3v) is 4.61. The van der Waals surface area contributed by atoms with Crippen molar-refractivity contribution < 1.29 is 14.6 Å². The molecule has 0 bridgehead atoms. The summed E-state index contributed by atoms with van der Waals surface area (Å²) < 4.78 is 5.70. The van der Waals surface area contributed by atoms with Gasteiger partial charge in [0.25, 0.3) is 0 Å². The van der Waals surface area contributed by atoms with Crippen molar-refractivity contribution in [1.29, 1.82) is 0 Å². The Morgan fingerprint density at radius 2 is 1.90 bits per heavy atom. The maximum Gasteiger partial charge on any atom is 0.239 e. The van der Waals surface area contributed by atoms with E-state index >= 15 is 0 Å². The molecule has 1 unspecified atom stereocenters. The van der Waals surface area contributed by atoms with Gasteiger partial charge >= 0.3 is 0 Å². The first-order chi connectivity index (χ1) is 14.5. The number of nitrogens with zero attached hydrogens (tertiary/aromatic N) is 4. The Labute approximate surface area is 174 Å². The summed E-state index contributed by atoms with van der Waals surface area (Å²) in [5.74, 6) is 0.443. The molecule has 1 atom stereocenters. The number of pyridine rings is 1. The number of azo groups is 1. The molecule has 1 aromatic heterocycles. The molecular formula is C20H27N7O3. The number of benzene rings is 1. The molecule has 1 aliphatic rings. The minimum atomic E-state index is -0.961. The van der Waals surface area contributed by atoms with Gasteiger partial charge in [0, 0.05) is 0 Å². The fourth-order valence-corrected chi connectivity index (χ4v) is 3.11. The second-order valence-electron chi connectivity index (χ2n) is 6.95. The van der Waals surface area contributed by atoms with Gasteiger partial charge in [0.2, 0.25) is 12.2 Å². The highest BCUT2D eigenvalue weighted by atomic mass is 16.6. The van der Waals surface area contributed by atoms with Gasteiger partial charge < -0.3 is 26.6 Å². The van der Waals surface area contributed by atoms with E-state index in [1.165, 1.54) is 6.42 Å². The lowest BCUT2D eigenvalue weighted by Crippen LogP contribution is -2.38. The molecule has 3 rings (SSSR count). The lowest BCUT2D eigenvalue weighted by Gasteiger charge is -2.28. The number of ether oxygens (including phenoxy) is 1. The van der Waals surface area contributed by atoms with Gasteiger partial charge in [0.15, 0.2) is 5.82 Å². The number of carbonyl (C=O) groups excluding carboxylic acids is 1. The molecular weight excluding hydrogens is 386 g/mol.